The highest BCUT2D eigenvalue weighted by molar-refractivity contribution is 7.83. The van der Waals surface area contributed by atoms with Gasteiger partial charge in [0.1, 0.15) is 17.8 Å². The van der Waals surface area contributed by atoms with Crippen molar-refractivity contribution in [2.75, 3.05) is 12.3 Å². The van der Waals surface area contributed by atoms with Crippen molar-refractivity contribution in [2.24, 2.45) is 21.6 Å². The number of aliphatic imine (C=N–C) groups is 1. The lowest BCUT2D eigenvalue weighted by Gasteiger charge is -2.26. The van der Waals surface area contributed by atoms with Crippen LogP contribution in [-0.2, 0) is 34.3 Å². The standard InChI is InChI=1S/C19H31N9O10S2/c1-8(28-40(35,36)37)11(13(29)24-9(15(31)32)5-4-6-23-17(20)21)26-14(30)12(10-7-39-18(22)25-10)27-38-19(2,3)16(33)34/h7-9,11,28H,4-6H2,1-3H3,(H2,22,25)(H,24,29)(H,26,30)(H,31,32)(H,33,34)(H4,20,21,23)(H,35,36,37)/b27-12-/t8-,9+,11+/m0/s1. The normalized spacial score (nSPS) is 14.3. The van der Waals surface area contributed by atoms with Gasteiger partial charge in [-0.15, -0.1) is 11.3 Å². The van der Waals surface area contributed by atoms with Gasteiger partial charge >= 0.3 is 22.2 Å². The van der Waals surface area contributed by atoms with E-state index < -0.39 is 63.5 Å². The van der Waals surface area contributed by atoms with Gasteiger partial charge in [0.25, 0.3) is 5.91 Å². The van der Waals surface area contributed by atoms with Crippen LogP contribution in [0.2, 0.25) is 0 Å². The van der Waals surface area contributed by atoms with Crippen LogP contribution in [0.3, 0.4) is 0 Å². The second-order valence-electron chi connectivity index (χ2n) is 8.60. The number of aromatic nitrogens is 1. The monoisotopic (exact) mass is 609 g/mol. The maximum Gasteiger partial charge on any atom is 0.350 e. The minimum atomic E-state index is -4.90. The van der Waals surface area contributed by atoms with E-state index in [9.17, 15) is 42.4 Å². The largest absolute Gasteiger partial charge is 0.480 e. The molecule has 3 atom stereocenters. The third kappa shape index (κ3) is 11.3. The molecule has 1 rings (SSSR count). The van der Waals surface area contributed by atoms with Crippen LogP contribution in [-0.4, -0.2) is 93.9 Å². The summed E-state index contributed by atoms with van der Waals surface area (Å²) in [6.45, 7) is 3.41. The molecule has 19 nitrogen and oxygen atoms in total. The van der Waals surface area contributed by atoms with E-state index in [1.807, 2.05) is 0 Å². The molecule has 1 heterocycles. The molecule has 224 valence electrons. The molecule has 1 aromatic rings. The number of anilines is 1. The topological polar surface area (TPSA) is 324 Å². The fourth-order valence-corrected chi connectivity index (χ4v) is 3.91. The van der Waals surface area contributed by atoms with Gasteiger partial charge in [-0.1, -0.05) is 5.16 Å². The minimum absolute atomic E-state index is 0.00581. The molecule has 0 fully saturated rings. The van der Waals surface area contributed by atoms with Crippen molar-refractivity contribution in [3.8, 4) is 0 Å². The Hall–Kier alpha value is -4.08. The second-order valence-corrected chi connectivity index (χ2v) is 10.7. The lowest BCUT2D eigenvalue weighted by molar-refractivity contribution is -0.161. The Labute approximate surface area is 232 Å². The first-order chi connectivity index (χ1) is 18.3. The predicted molar refractivity (Wildman–Crippen MR) is 141 cm³/mol. The highest BCUT2D eigenvalue weighted by atomic mass is 32.2. The van der Waals surface area contributed by atoms with Crippen LogP contribution in [0.5, 0.6) is 0 Å². The van der Waals surface area contributed by atoms with Crippen molar-refractivity contribution in [3.63, 3.8) is 0 Å². The van der Waals surface area contributed by atoms with Gasteiger partial charge in [0.2, 0.25) is 11.5 Å². The zero-order chi connectivity index (χ0) is 30.8. The van der Waals surface area contributed by atoms with Gasteiger partial charge in [0.05, 0.1) is 6.04 Å². The molecule has 0 aliphatic carbocycles. The van der Waals surface area contributed by atoms with Crippen molar-refractivity contribution in [1.29, 1.82) is 0 Å². The Morgan fingerprint density at radius 2 is 1.82 bits per heavy atom. The zero-order valence-corrected chi connectivity index (χ0v) is 23.2. The number of nitrogen functional groups attached to an aromatic ring is 1. The van der Waals surface area contributed by atoms with Crippen molar-refractivity contribution in [2.45, 2.75) is 57.3 Å². The SMILES string of the molecule is C[C@H](NS(=O)(=O)O)[C@@H](NC(=O)/C(=N\OC(C)(C)C(=O)O)c1csc(N)n1)C(=O)N[C@H](CCCN=C(N)N)C(=O)O. The van der Waals surface area contributed by atoms with E-state index in [0.717, 1.165) is 32.1 Å². The molecule has 0 aromatic carbocycles. The van der Waals surface area contributed by atoms with Gasteiger partial charge in [0.15, 0.2) is 16.8 Å². The maximum absolute atomic E-state index is 13.2. The number of nitrogens with zero attached hydrogens (tertiary/aromatic N) is 3. The molecule has 0 unspecified atom stereocenters. The number of nitrogens with two attached hydrogens (primary N) is 3. The molecule has 2 amide bonds. The van der Waals surface area contributed by atoms with Crippen LogP contribution in [0.4, 0.5) is 5.13 Å². The quantitative estimate of drug-likeness (QED) is 0.0300. The second kappa shape index (κ2) is 14.3. The van der Waals surface area contributed by atoms with Crippen molar-refractivity contribution >= 4 is 62.2 Å². The third-order valence-electron chi connectivity index (χ3n) is 4.82. The summed E-state index contributed by atoms with van der Waals surface area (Å²) in [7, 11) is -4.90. The molecule has 21 heteroatoms. The summed E-state index contributed by atoms with van der Waals surface area (Å²) < 4.78 is 33.7. The molecular weight excluding hydrogens is 578 g/mol. The Kier molecular flexibility index (Phi) is 12.2. The number of carboxylic acids is 2. The fourth-order valence-electron chi connectivity index (χ4n) is 2.75. The zero-order valence-electron chi connectivity index (χ0n) is 21.5. The Morgan fingerprint density at radius 1 is 1.20 bits per heavy atom. The number of carbonyl (C=O) groups excluding carboxylic acids is 2. The molecule has 0 radical (unpaired) electrons. The minimum Gasteiger partial charge on any atom is -0.480 e. The molecule has 0 aliphatic rings. The number of guanidine groups is 1. The molecule has 0 bridgehead atoms. The number of rotatable bonds is 16. The molecule has 12 N–H and O–H groups in total. The summed E-state index contributed by atoms with van der Waals surface area (Å²) in [6, 6.07) is -4.90. The number of oxime groups is 1. The van der Waals surface area contributed by atoms with Crippen molar-refractivity contribution in [3.05, 3.63) is 11.1 Å². The van der Waals surface area contributed by atoms with E-state index in [1.165, 1.54) is 5.38 Å². The van der Waals surface area contributed by atoms with E-state index in [0.29, 0.717) is 0 Å². The molecule has 0 aliphatic heterocycles. The van der Waals surface area contributed by atoms with Gasteiger partial charge in [-0.3, -0.25) is 19.1 Å². The molecule has 0 saturated carbocycles. The summed E-state index contributed by atoms with van der Waals surface area (Å²) >= 11 is 0.892. The summed E-state index contributed by atoms with van der Waals surface area (Å²) in [4.78, 5) is 61.9. The molecule has 40 heavy (non-hydrogen) atoms. The highest BCUT2D eigenvalue weighted by Crippen LogP contribution is 2.15. The summed E-state index contributed by atoms with van der Waals surface area (Å²) in [5.74, 6) is -5.50. The number of carbonyl (C=O) groups is 4. The van der Waals surface area contributed by atoms with E-state index in [2.05, 4.69) is 25.8 Å². The van der Waals surface area contributed by atoms with Crippen LogP contribution in [0, 0.1) is 0 Å². The van der Waals surface area contributed by atoms with E-state index in [-0.39, 0.29) is 36.2 Å². The van der Waals surface area contributed by atoms with Crippen LogP contribution in [0.25, 0.3) is 0 Å². The van der Waals surface area contributed by atoms with E-state index >= 15 is 0 Å². The summed E-state index contributed by atoms with van der Waals surface area (Å²) in [6.07, 6.45) is -0.0225. The van der Waals surface area contributed by atoms with Crippen molar-refractivity contribution < 1.29 is 47.2 Å². The Bertz CT molecular complexity index is 1260. The molecule has 0 spiro atoms. The van der Waals surface area contributed by atoms with Gasteiger partial charge in [0, 0.05) is 11.9 Å². The molecule has 0 saturated heterocycles. The van der Waals surface area contributed by atoms with E-state index in [4.69, 9.17) is 22.0 Å². The predicted octanol–water partition coefficient (Wildman–Crippen LogP) is -2.80. The number of hydrogen-bond donors (Lipinski definition) is 9. The van der Waals surface area contributed by atoms with E-state index in [1.54, 1.807) is 4.72 Å². The van der Waals surface area contributed by atoms with Crippen LogP contribution >= 0.6 is 11.3 Å². The average molecular weight is 610 g/mol. The number of nitrogens with one attached hydrogen (secondary N) is 3. The van der Waals surface area contributed by atoms with Gasteiger partial charge < -0.3 is 42.9 Å². The highest BCUT2D eigenvalue weighted by Gasteiger charge is 2.35. The number of carboxylic acid groups (broad SMARTS) is 2. The maximum atomic E-state index is 13.2. The number of hydrogen-bond acceptors (Lipinski definition) is 12. The van der Waals surface area contributed by atoms with Crippen LogP contribution in [0.15, 0.2) is 15.5 Å². The fraction of sp³-hybridized carbons (Fsp3) is 0.526. The van der Waals surface area contributed by atoms with Gasteiger partial charge in [-0.2, -0.15) is 13.1 Å². The van der Waals surface area contributed by atoms with Gasteiger partial charge in [-0.25, -0.2) is 14.6 Å². The summed E-state index contributed by atoms with van der Waals surface area (Å²) in [5.41, 5.74) is 13.3. The number of thiazole rings is 1. The Balaban J connectivity index is 3.34. The van der Waals surface area contributed by atoms with Crippen LogP contribution in [0.1, 0.15) is 39.3 Å². The first kappa shape index (κ1) is 33.9. The first-order valence-corrected chi connectivity index (χ1v) is 13.5. The number of aliphatic carboxylic acids is 2. The first-order valence-electron chi connectivity index (χ1n) is 11.2. The average Bonchev–Trinajstić information content (AvgIpc) is 3.23. The smallest absolute Gasteiger partial charge is 0.350 e. The van der Waals surface area contributed by atoms with Gasteiger partial charge in [-0.05, 0) is 33.6 Å². The lowest BCUT2D eigenvalue weighted by Crippen LogP contribution is -2.60. The lowest BCUT2D eigenvalue weighted by atomic mass is 10.1. The molecule has 1 aromatic heterocycles. The summed E-state index contributed by atoms with van der Waals surface area (Å²) in [5, 5.41) is 27.9. The Morgan fingerprint density at radius 3 is 2.30 bits per heavy atom. The molecular formula is C19H31N9O10S2. The van der Waals surface area contributed by atoms with Crippen molar-refractivity contribution in [1.82, 2.24) is 20.3 Å². The number of amides is 2. The third-order valence-corrected chi connectivity index (χ3v) is 6.17. The van der Waals surface area contributed by atoms with Crippen LogP contribution < -0.4 is 32.6 Å².